The zero-order valence-corrected chi connectivity index (χ0v) is 16.7. The molecule has 0 saturated heterocycles. The molecule has 0 aliphatic carbocycles. The summed E-state index contributed by atoms with van der Waals surface area (Å²) in [5.74, 6) is -1.26. The number of halogens is 2. The summed E-state index contributed by atoms with van der Waals surface area (Å²) < 4.78 is 41.1. The van der Waals surface area contributed by atoms with E-state index in [4.69, 9.17) is 9.84 Å². The number of fused-ring (bicyclic) bond motifs is 2. The summed E-state index contributed by atoms with van der Waals surface area (Å²) in [6.45, 7) is 0.826. The fourth-order valence-electron chi connectivity index (χ4n) is 3.27. The lowest BCUT2D eigenvalue weighted by molar-refractivity contribution is -0.286. The van der Waals surface area contributed by atoms with Crippen molar-refractivity contribution in [2.75, 3.05) is 25.1 Å². The summed E-state index contributed by atoms with van der Waals surface area (Å²) in [6, 6.07) is 6.90. The van der Waals surface area contributed by atoms with Gasteiger partial charge in [-0.05, 0) is 25.1 Å². The average Bonchev–Trinajstić information content (AvgIpc) is 3.25. The molecular formula is C20H19F2N3O7. The lowest BCUT2D eigenvalue weighted by Crippen LogP contribution is -2.39. The number of benzene rings is 1. The molecule has 2 amide bonds. The highest BCUT2D eigenvalue weighted by atomic mass is 19.3. The van der Waals surface area contributed by atoms with Crippen molar-refractivity contribution in [2.24, 2.45) is 0 Å². The van der Waals surface area contributed by atoms with Crippen LogP contribution in [0.25, 0.3) is 0 Å². The number of nitrogens with zero attached hydrogens (tertiary/aromatic N) is 1. The molecule has 0 fully saturated rings. The highest BCUT2D eigenvalue weighted by molar-refractivity contribution is 6.00. The van der Waals surface area contributed by atoms with Gasteiger partial charge in [-0.2, -0.15) is 0 Å². The molecule has 12 heteroatoms. The maximum atomic E-state index is 13.4. The fraction of sp³-hybridized carbons (Fsp3) is 0.350. The fourth-order valence-corrected chi connectivity index (χ4v) is 3.27. The van der Waals surface area contributed by atoms with E-state index in [0.29, 0.717) is 5.56 Å². The number of nitrogens with one attached hydrogen (secondary N) is 2. The minimum atomic E-state index is -3.80. The molecule has 0 radical (unpaired) electrons. The van der Waals surface area contributed by atoms with Gasteiger partial charge in [-0.3, -0.25) is 9.59 Å². The Morgan fingerprint density at radius 3 is 2.66 bits per heavy atom. The summed E-state index contributed by atoms with van der Waals surface area (Å²) in [4.78, 5) is 29.3. The number of rotatable bonds is 6. The van der Waals surface area contributed by atoms with Gasteiger partial charge in [-0.1, -0.05) is 6.07 Å². The molecule has 4 rings (SSSR count). The van der Waals surface area contributed by atoms with E-state index in [9.17, 15) is 23.5 Å². The van der Waals surface area contributed by atoms with Gasteiger partial charge in [0.2, 0.25) is 5.91 Å². The van der Waals surface area contributed by atoms with Crippen molar-refractivity contribution in [2.45, 2.75) is 24.7 Å². The predicted molar refractivity (Wildman–Crippen MR) is 104 cm³/mol. The molecule has 0 saturated carbocycles. The normalized spacial score (nSPS) is 20.8. The zero-order chi connectivity index (χ0) is 23.1. The van der Waals surface area contributed by atoms with Crippen molar-refractivity contribution >= 4 is 17.6 Å². The Morgan fingerprint density at radius 1 is 1.22 bits per heavy atom. The number of aromatic nitrogens is 1. The molecule has 32 heavy (non-hydrogen) atoms. The Bertz CT molecular complexity index is 1080. The van der Waals surface area contributed by atoms with Crippen molar-refractivity contribution in [3.63, 3.8) is 0 Å². The molecule has 1 aromatic heterocycles. The van der Waals surface area contributed by atoms with E-state index in [2.05, 4.69) is 25.1 Å². The minimum Gasteiger partial charge on any atom is -0.492 e. The van der Waals surface area contributed by atoms with Crippen molar-refractivity contribution < 1.29 is 42.8 Å². The predicted octanol–water partition coefficient (Wildman–Crippen LogP) is 0.775. The summed E-state index contributed by atoms with van der Waals surface area (Å²) in [6.07, 6.45) is -4.91. The molecule has 2 unspecified atom stereocenters. The molecule has 10 nitrogen and oxygen atoms in total. The molecule has 2 aliphatic rings. The van der Waals surface area contributed by atoms with Gasteiger partial charge in [0.05, 0.1) is 12.7 Å². The Morgan fingerprint density at radius 2 is 1.94 bits per heavy atom. The van der Waals surface area contributed by atoms with Crippen LogP contribution in [0.2, 0.25) is 0 Å². The third kappa shape index (κ3) is 4.01. The van der Waals surface area contributed by atoms with Crippen LogP contribution in [0.3, 0.4) is 0 Å². The number of alkyl halides is 2. The van der Waals surface area contributed by atoms with Gasteiger partial charge in [0.15, 0.2) is 11.5 Å². The van der Waals surface area contributed by atoms with Gasteiger partial charge >= 0.3 is 6.29 Å². The monoisotopic (exact) mass is 451 g/mol. The van der Waals surface area contributed by atoms with Gasteiger partial charge in [-0.15, -0.1) is 8.78 Å². The van der Waals surface area contributed by atoms with E-state index in [0.717, 1.165) is 0 Å². The maximum absolute atomic E-state index is 13.4. The van der Waals surface area contributed by atoms with Gasteiger partial charge in [0.1, 0.15) is 29.3 Å². The summed E-state index contributed by atoms with van der Waals surface area (Å²) >= 11 is 0. The first kappa shape index (κ1) is 21.7. The third-order valence-electron chi connectivity index (χ3n) is 5.05. The van der Waals surface area contributed by atoms with Crippen LogP contribution >= 0.6 is 0 Å². The number of carbonyl (C=O) groups excluding carboxylic acids is 2. The topological polar surface area (TPSA) is 139 Å². The quantitative estimate of drug-likeness (QED) is 0.505. The highest BCUT2D eigenvalue weighted by Gasteiger charge is 2.49. The molecule has 0 spiro atoms. The van der Waals surface area contributed by atoms with E-state index in [1.807, 2.05) is 0 Å². The third-order valence-corrected chi connectivity index (χ3v) is 5.05. The van der Waals surface area contributed by atoms with E-state index in [1.54, 1.807) is 6.92 Å². The van der Waals surface area contributed by atoms with Gasteiger partial charge in [0.25, 0.3) is 5.91 Å². The molecule has 3 heterocycles. The standard InChI is InChI=1S/C20H19F2N3O7/c1-19(9-30-13-6-15-14(5-11(13)19)31-20(21,22)32-15)18(29)25-16-4-2-3-12(24-16)17(28)23-7-10(27)8-26/h2-6,10,26-27H,7-9H2,1H3,(H,23,28)(H,24,25,29). The minimum absolute atomic E-state index is 0.0215. The van der Waals surface area contributed by atoms with E-state index >= 15 is 0 Å². The SMILES string of the molecule is CC1(C(=O)Nc2cccc(C(=O)NCC(O)CO)n2)COc2cc3c(cc21)OC(F)(F)O3. The first-order chi connectivity index (χ1) is 15.1. The number of aliphatic hydroxyl groups is 2. The van der Waals surface area contributed by atoms with Crippen LogP contribution < -0.4 is 24.8 Å². The Labute approximate surface area is 180 Å². The smallest absolute Gasteiger partial charge is 0.492 e. The van der Waals surface area contributed by atoms with Crippen LogP contribution in [-0.4, -0.2) is 59.2 Å². The number of aliphatic hydroxyl groups excluding tert-OH is 2. The van der Waals surface area contributed by atoms with Crippen LogP contribution in [0, 0.1) is 0 Å². The number of hydrogen-bond donors (Lipinski definition) is 4. The van der Waals surface area contributed by atoms with Crippen LogP contribution in [0.1, 0.15) is 23.0 Å². The van der Waals surface area contributed by atoms with Crippen LogP contribution in [0.5, 0.6) is 17.2 Å². The number of hydrogen-bond acceptors (Lipinski definition) is 8. The number of ether oxygens (including phenoxy) is 3. The summed E-state index contributed by atoms with van der Waals surface area (Å²) in [5, 5.41) is 23.1. The van der Waals surface area contributed by atoms with Crippen LogP contribution in [0.15, 0.2) is 30.3 Å². The van der Waals surface area contributed by atoms with E-state index in [1.165, 1.54) is 30.3 Å². The molecule has 1 aromatic carbocycles. The Hall–Kier alpha value is -3.51. The zero-order valence-electron chi connectivity index (χ0n) is 16.7. The number of carbonyl (C=O) groups is 2. The molecule has 170 valence electrons. The second kappa shape index (κ2) is 7.88. The lowest BCUT2D eigenvalue weighted by Gasteiger charge is -2.21. The van der Waals surface area contributed by atoms with Crippen molar-refractivity contribution in [3.8, 4) is 17.2 Å². The van der Waals surface area contributed by atoms with Gasteiger partial charge in [-0.25, -0.2) is 4.98 Å². The number of anilines is 1. The van der Waals surface area contributed by atoms with Crippen molar-refractivity contribution in [1.82, 2.24) is 10.3 Å². The van der Waals surface area contributed by atoms with E-state index < -0.39 is 36.2 Å². The summed E-state index contributed by atoms with van der Waals surface area (Å²) in [7, 11) is 0. The molecule has 2 atom stereocenters. The van der Waals surface area contributed by atoms with Gasteiger partial charge < -0.3 is 35.1 Å². The first-order valence-electron chi connectivity index (χ1n) is 9.54. The summed E-state index contributed by atoms with van der Waals surface area (Å²) in [5.41, 5.74) is -0.940. The Balaban J connectivity index is 1.51. The molecule has 4 N–H and O–H groups in total. The molecule has 2 aromatic rings. The first-order valence-corrected chi connectivity index (χ1v) is 9.54. The second-order valence-corrected chi connectivity index (χ2v) is 7.49. The van der Waals surface area contributed by atoms with Gasteiger partial charge in [0, 0.05) is 18.2 Å². The highest BCUT2D eigenvalue weighted by Crippen LogP contribution is 2.49. The Kier molecular flexibility index (Phi) is 5.34. The van der Waals surface area contributed by atoms with Crippen molar-refractivity contribution in [3.05, 3.63) is 41.6 Å². The largest absolute Gasteiger partial charge is 0.586 e. The van der Waals surface area contributed by atoms with Crippen LogP contribution in [-0.2, 0) is 10.2 Å². The molecular weight excluding hydrogens is 432 g/mol. The maximum Gasteiger partial charge on any atom is 0.586 e. The second-order valence-electron chi connectivity index (χ2n) is 7.49. The van der Waals surface area contributed by atoms with Crippen LogP contribution in [0.4, 0.5) is 14.6 Å². The molecule has 0 bridgehead atoms. The average molecular weight is 451 g/mol. The van der Waals surface area contributed by atoms with Crippen molar-refractivity contribution in [1.29, 1.82) is 0 Å². The molecule has 2 aliphatic heterocycles. The lowest BCUT2D eigenvalue weighted by atomic mass is 9.83. The van der Waals surface area contributed by atoms with E-state index in [-0.39, 0.29) is 41.9 Å². The number of pyridine rings is 1. The number of amides is 2.